The fourth-order valence-corrected chi connectivity index (χ4v) is 3.58. The van der Waals surface area contributed by atoms with Crippen molar-refractivity contribution >= 4 is 23.4 Å². The van der Waals surface area contributed by atoms with Gasteiger partial charge in [-0.3, -0.25) is 14.4 Å². The molecule has 3 amide bonds. The lowest BCUT2D eigenvalue weighted by atomic mass is 9.95. The number of likely N-dealkylation sites (tertiary alicyclic amines) is 1. The Bertz CT molecular complexity index is 661. The third-order valence-electron chi connectivity index (χ3n) is 5.07. The molecule has 134 valence electrons. The van der Waals surface area contributed by atoms with Gasteiger partial charge in [-0.05, 0) is 43.5 Å². The molecule has 0 N–H and O–H groups in total. The first-order valence-corrected chi connectivity index (χ1v) is 8.88. The predicted molar refractivity (Wildman–Crippen MR) is 95.4 cm³/mol. The summed E-state index contributed by atoms with van der Waals surface area (Å²) in [6.07, 6.45) is 2.91. The van der Waals surface area contributed by atoms with Crippen LogP contribution in [0.25, 0.3) is 0 Å². The van der Waals surface area contributed by atoms with Crippen molar-refractivity contribution in [1.82, 2.24) is 9.80 Å². The molecule has 0 bridgehead atoms. The van der Waals surface area contributed by atoms with Crippen molar-refractivity contribution < 1.29 is 14.4 Å². The van der Waals surface area contributed by atoms with Crippen LogP contribution in [0.5, 0.6) is 0 Å². The highest BCUT2D eigenvalue weighted by Gasteiger charge is 2.29. The fourth-order valence-electron chi connectivity index (χ4n) is 3.58. The van der Waals surface area contributed by atoms with E-state index >= 15 is 0 Å². The number of nitrogens with zero attached hydrogens (tertiary/aromatic N) is 3. The van der Waals surface area contributed by atoms with Gasteiger partial charge in [-0.15, -0.1) is 0 Å². The zero-order valence-corrected chi connectivity index (χ0v) is 14.9. The number of amides is 3. The van der Waals surface area contributed by atoms with E-state index < -0.39 is 0 Å². The highest BCUT2D eigenvalue weighted by Crippen LogP contribution is 2.24. The van der Waals surface area contributed by atoms with Gasteiger partial charge in [0.15, 0.2) is 0 Å². The lowest BCUT2D eigenvalue weighted by Crippen LogP contribution is -2.42. The largest absolute Gasteiger partial charge is 0.349 e. The summed E-state index contributed by atoms with van der Waals surface area (Å²) in [4.78, 5) is 41.7. The topological polar surface area (TPSA) is 60.9 Å². The summed E-state index contributed by atoms with van der Waals surface area (Å²) in [7, 11) is 3.54. The molecule has 2 saturated heterocycles. The first-order valence-electron chi connectivity index (χ1n) is 8.88. The molecule has 0 radical (unpaired) electrons. The van der Waals surface area contributed by atoms with Crippen molar-refractivity contribution in [2.45, 2.75) is 25.7 Å². The Morgan fingerprint density at radius 3 is 2.20 bits per heavy atom. The van der Waals surface area contributed by atoms with Crippen molar-refractivity contribution in [3.8, 4) is 0 Å². The molecule has 25 heavy (non-hydrogen) atoms. The Kier molecular flexibility index (Phi) is 5.06. The van der Waals surface area contributed by atoms with Crippen molar-refractivity contribution in [2.75, 3.05) is 38.6 Å². The van der Waals surface area contributed by atoms with Crippen LogP contribution in [0.2, 0.25) is 0 Å². The van der Waals surface area contributed by atoms with Crippen LogP contribution in [0.15, 0.2) is 24.3 Å². The summed E-state index contributed by atoms with van der Waals surface area (Å²) in [6.45, 7) is 1.96. The molecule has 0 saturated carbocycles. The number of carbonyl (C=O) groups excluding carboxylic acids is 3. The lowest BCUT2D eigenvalue weighted by molar-refractivity contribution is -0.134. The second kappa shape index (κ2) is 7.25. The van der Waals surface area contributed by atoms with Gasteiger partial charge in [0.1, 0.15) is 0 Å². The molecule has 6 heteroatoms. The zero-order valence-electron chi connectivity index (χ0n) is 14.9. The minimum absolute atomic E-state index is 0.00458. The minimum Gasteiger partial charge on any atom is -0.349 e. The highest BCUT2D eigenvalue weighted by molar-refractivity contribution is 5.97. The van der Waals surface area contributed by atoms with Crippen LogP contribution in [-0.4, -0.2) is 61.3 Å². The maximum atomic E-state index is 12.7. The molecule has 3 rings (SSSR count). The Hall–Kier alpha value is -2.37. The van der Waals surface area contributed by atoms with E-state index in [0.29, 0.717) is 37.9 Å². The number of rotatable bonds is 3. The van der Waals surface area contributed by atoms with Crippen molar-refractivity contribution in [2.24, 2.45) is 5.92 Å². The number of hydrogen-bond donors (Lipinski definition) is 0. The molecule has 0 unspecified atom stereocenters. The molecule has 0 spiro atoms. The average Bonchev–Trinajstić information content (AvgIpc) is 3.06. The van der Waals surface area contributed by atoms with E-state index in [-0.39, 0.29) is 23.6 Å². The molecule has 1 aromatic carbocycles. The molecule has 2 fully saturated rings. The Morgan fingerprint density at radius 2 is 1.68 bits per heavy atom. The van der Waals surface area contributed by atoms with Crippen LogP contribution in [0.3, 0.4) is 0 Å². The minimum atomic E-state index is -0.00458. The van der Waals surface area contributed by atoms with Gasteiger partial charge >= 0.3 is 0 Å². The highest BCUT2D eigenvalue weighted by atomic mass is 16.2. The number of benzene rings is 1. The average molecular weight is 343 g/mol. The van der Waals surface area contributed by atoms with E-state index in [2.05, 4.69) is 0 Å². The van der Waals surface area contributed by atoms with Crippen molar-refractivity contribution in [3.63, 3.8) is 0 Å². The van der Waals surface area contributed by atoms with Gasteiger partial charge in [0.25, 0.3) is 5.91 Å². The Labute approximate surface area is 148 Å². The first kappa shape index (κ1) is 17.5. The number of hydrogen-bond acceptors (Lipinski definition) is 3. The van der Waals surface area contributed by atoms with E-state index in [4.69, 9.17) is 0 Å². The summed E-state index contributed by atoms with van der Waals surface area (Å²) >= 11 is 0. The smallest absolute Gasteiger partial charge is 0.253 e. The quantitative estimate of drug-likeness (QED) is 0.840. The third-order valence-corrected chi connectivity index (χ3v) is 5.07. The molecule has 6 nitrogen and oxygen atoms in total. The molecule has 2 heterocycles. The maximum Gasteiger partial charge on any atom is 0.253 e. The number of anilines is 1. The van der Waals surface area contributed by atoms with Gasteiger partial charge in [0, 0.05) is 57.3 Å². The van der Waals surface area contributed by atoms with Gasteiger partial charge < -0.3 is 14.7 Å². The Morgan fingerprint density at radius 1 is 1.04 bits per heavy atom. The predicted octanol–water partition coefficient (Wildman–Crippen LogP) is 1.75. The monoisotopic (exact) mass is 343 g/mol. The molecule has 2 aliphatic rings. The van der Waals surface area contributed by atoms with Gasteiger partial charge in [0.05, 0.1) is 0 Å². The van der Waals surface area contributed by atoms with E-state index in [1.807, 2.05) is 17.0 Å². The normalized spacial score (nSPS) is 18.6. The van der Waals surface area contributed by atoms with Crippen LogP contribution in [0.4, 0.5) is 5.69 Å². The van der Waals surface area contributed by atoms with E-state index in [9.17, 15) is 14.4 Å². The fraction of sp³-hybridized carbons (Fsp3) is 0.526. The first-order chi connectivity index (χ1) is 12.0. The van der Waals surface area contributed by atoms with Crippen LogP contribution in [-0.2, 0) is 9.59 Å². The molecule has 1 aromatic rings. The molecular formula is C19H25N3O3. The second-order valence-electron chi connectivity index (χ2n) is 6.99. The van der Waals surface area contributed by atoms with Crippen LogP contribution < -0.4 is 4.90 Å². The maximum absolute atomic E-state index is 12.7. The van der Waals surface area contributed by atoms with Crippen LogP contribution in [0, 0.1) is 5.92 Å². The summed E-state index contributed by atoms with van der Waals surface area (Å²) < 4.78 is 0. The van der Waals surface area contributed by atoms with Gasteiger partial charge in [-0.25, -0.2) is 0 Å². The standard InChI is InChI=1S/C19H25N3O3/c1-20(2)18(24)15-9-12-21(13-10-15)19(25)14-5-7-16(8-6-14)22-11-3-4-17(22)23/h5-8,15H,3-4,9-13H2,1-2H3. The number of piperidine rings is 1. The molecule has 2 aliphatic heterocycles. The molecule has 0 aliphatic carbocycles. The second-order valence-corrected chi connectivity index (χ2v) is 6.99. The molecule has 0 atom stereocenters. The van der Waals surface area contributed by atoms with Crippen molar-refractivity contribution in [3.05, 3.63) is 29.8 Å². The van der Waals surface area contributed by atoms with Crippen LogP contribution >= 0.6 is 0 Å². The summed E-state index contributed by atoms with van der Waals surface area (Å²) in [5.41, 5.74) is 1.49. The Balaban J connectivity index is 1.60. The van der Waals surface area contributed by atoms with E-state index in [0.717, 1.165) is 18.7 Å². The van der Waals surface area contributed by atoms with Crippen molar-refractivity contribution in [1.29, 1.82) is 0 Å². The zero-order chi connectivity index (χ0) is 18.0. The third kappa shape index (κ3) is 3.67. The van der Waals surface area contributed by atoms with E-state index in [1.165, 1.54) is 0 Å². The summed E-state index contributed by atoms with van der Waals surface area (Å²) in [5.74, 6) is 0.302. The van der Waals surface area contributed by atoms with Crippen LogP contribution in [0.1, 0.15) is 36.0 Å². The summed E-state index contributed by atoms with van der Waals surface area (Å²) in [5, 5.41) is 0. The number of carbonyl (C=O) groups is 3. The lowest BCUT2D eigenvalue weighted by Gasteiger charge is -2.32. The molecule has 0 aromatic heterocycles. The summed E-state index contributed by atoms with van der Waals surface area (Å²) in [6, 6.07) is 7.28. The molecular weight excluding hydrogens is 318 g/mol. The van der Waals surface area contributed by atoms with Gasteiger partial charge in [-0.1, -0.05) is 0 Å². The van der Waals surface area contributed by atoms with E-state index in [1.54, 1.807) is 36.0 Å². The van der Waals surface area contributed by atoms with Gasteiger partial charge in [0.2, 0.25) is 11.8 Å². The van der Waals surface area contributed by atoms with Gasteiger partial charge in [-0.2, -0.15) is 0 Å². The SMILES string of the molecule is CN(C)C(=O)C1CCN(C(=O)c2ccc(N3CCCC3=O)cc2)CC1.